The third kappa shape index (κ3) is 4.74. The summed E-state index contributed by atoms with van der Waals surface area (Å²) in [5.41, 5.74) is 5.03. The molecule has 24 heavy (non-hydrogen) atoms. The van der Waals surface area contributed by atoms with Crippen LogP contribution in [0, 0.1) is 13.8 Å². The maximum Gasteiger partial charge on any atom is 0.277 e. The lowest BCUT2D eigenvalue weighted by molar-refractivity contribution is -0.123. The number of phenolic OH excluding ortho intramolecular Hbond substituents is 1. The highest BCUT2D eigenvalue weighted by molar-refractivity contribution is 5.83. The van der Waals surface area contributed by atoms with Crippen molar-refractivity contribution < 1.29 is 19.4 Å². The smallest absolute Gasteiger partial charge is 0.277 e. The number of aryl methyl sites for hydroxylation is 2. The summed E-state index contributed by atoms with van der Waals surface area (Å²) in [4.78, 5) is 11.8. The molecule has 0 aliphatic rings. The van der Waals surface area contributed by atoms with Crippen LogP contribution in [-0.4, -0.2) is 30.9 Å². The Balaban J connectivity index is 1.86. The van der Waals surface area contributed by atoms with Gasteiger partial charge in [-0.3, -0.25) is 4.79 Å². The molecule has 126 valence electrons. The number of hydrogen-bond donors (Lipinski definition) is 2. The summed E-state index contributed by atoms with van der Waals surface area (Å²) in [7, 11) is 1.47. The number of carbonyl (C=O) groups is 1. The Bertz CT molecular complexity index is 757. The first-order valence-corrected chi connectivity index (χ1v) is 7.38. The van der Waals surface area contributed by atoms with Gasteiger partial charge in [-0.1, -0.05) is 12.1 Å². The van der Waals surface area contributed by atoms with E-state index in [0.717, 1.165) is 11.1 Å². The highest BCUT2D eigenvalue weighted by Crippen LogP contribution is 2.25. The van der Waals surface area contributed by atoms with Crippen molar-refractivity contribution in [3.8, 4) is 17.2 Å². The van der Waals surface area contributed by atoms with Crippen molar-refractivity contribution in [2.45, 2.75) is 13.8 Å². The number of phenols is 1. The first-order chi connectivity index (χ1) is 11.5. The zero-order valence-corrected chi connectivity index (χ0v) is 13.9. The molecule has 0 atom stereocenters. The van der Waals surface area contributed by atoms with E-state index < -0.39 is 0 Å². The second kappa shape index (κ2) is 8.01. The van der Waals surface area contributed by atoms with Crippen molar-refractivity contribution in [2.75, 3.05) is 13.7 Å². The Morgan fingerprint density at radius 3 is 2.71 bits per heavy atom. The van der Waals surface area contributed by atoms with Crippen LogP contribution in [0.25, 0.3) is 0 Å². The van der Waals surface area contributed by atoms with E-state index >= 15 is 0 Å². The summed E-state index contributed by atoms with van der Waals surface area (Å²) in [6.07, 6.45) is 1.43. The van der Waals surface area contributed by atoms with Gasteiger partial charge in [-0.05, 0) is 54.8 Å². The number of nitrogens with one attached hydrogen (secondary N) is 1. The van der Waals surface area contributed by atoms with Crippen LogP contribution in [0.5, 0.6) is 17.2 Å². The molecule has 6 nitrogen and oxygen atoms in total. The van der Waals surface area contributed by atoms with Gasteiger partial charge in [-0.25, -0.2) is 5.43 Å². The van der Waals surface area contributed by atoms with Gasteiger partial charge in [0.15, 0.2) is 18.1 Å². The number of aromatic hydroxyl groups is 1. The molecule has 0 saturated heterocycles. The second-order valence-corrected chi connectivity index (χ2v) is 5.28. The van der Waals surface area contributed by atoms with Crippen molar-refractivity contribution >= 4 is 12.1 Å². The van der Waals surface area contributed by atoms with E-state index in [1.807, 2.05) is 32.0 Å². The Hall–Kier alpha value is -3.02. The monoisotopic (exact) mass is 328 g/mol. The largest absolute Gasteiger partial charge is 0.504 e. The van der Waals surface area contributed by atoms with Crippen LogP contribution < -0.4 is 14.9 Å². The minimum atomic E-state index is -0.370. The number of benzene rings is 2. The molecular weight excluding hydrogens is 308 g/mol. The van der Waals surface area contributed by atoms with E-state index in [1.54, 1.807) is 12.1 Å². The molecule has 6 heteroatoms. The Labute approximate surface area is 140 Å². The van der Waals surface area contributed by atoms with Crippen LogP contribution in [0.4, 0.5) is 0 Å². The van der Waals surface area contributed by atoms with Crippen LogP contribution in [-0.2, 0) is 4.79 Å². The van der Waals surface area contributed by atoms with Crippen molar-refractivity contribution in [3.63, 3.8) is 0 Å². The van der Waals surface area contributed by atoms with Gasteiger partial charge in [0.25, 0.3) is 5.91 Å². The standard InChI is InChI=1S/C18H20N2O4/c1-12-4-5-13(2)17(8-12)24-11-18(22)20-19-10-14-6-7-16(23-3)15(21)9-14/h4-10,21H,11H2,1-3H3,(H,20,22). The van der Waals surface area contributed by atoms with E-state index in [-0.39, 0.29) is 18.3 Å². The number of amides is 1. The van der Waals surface area contributed by atoms with E-state index in [1.165, 1.54) is 19.4 Å². The van der Waals surface area contributed by atoms with Gasteiger partial charge in [0.2, 0.25) is 0 Å². The summed E-state index contributed by atoms with van der Waals surface area (Å²) >= 11 is 0. The lowest BCUT2D eigenvalue weighted by atomic mass is 10.1. The number of hydrazone groups is 1. The van der Waals surface area contributed by atoms with Crippen LogP contribution in [0.2, 0.25) is 0 Å². The fourth-order valence-electron chi connectivity index (χ4n) is 2.00. The molecule has 0 spiro atoms. The molecule has 0 fully saturated rings. The van der Waals surface area contributed by atoms with Gasteiger partial charge >= 0.3 is 0 Å². The molecule has 0 bridgehead atoms. The number of methoxy groups -OCH3 is 1. The summed E-state index contributed by atoms with van der Waals surface area (Å²) in [6, 6.07) is 10.6. The Kier molecular flexibility index (Phi) is 5.78. The lowest BCUT2D eigenvalue weighted by Crippen LogP contribution is -2.24. The van der Waals surface area contributed by atoms with Gasteiger partial charge in [-0.2, -0.15) is 5.10 Å². The van der Waals surface area contributed by atoms with Crippen LogP contribution in [0.1, 0.15) is 16.7 Å². The van der Waals surface area contributed by atoms with Gasteiger partial charge < -0.3 is 14.6 Å². The number of hydrogen-bond acceptors (Lipinski definition) is 5. The van der Waals surface area contributed by atoms with Crippen molar-refractivity contribution in [3.05, 3.63) is 53.1 Å². The highest BCUT2D eigenvalue weighted by Gasteiger charge is 2.05. The molecular formula is C18H20N2O4. The maximum atomic E-state index is 11.8. The minimum Gasteiger partial charge on any atom is -0.504 e. The zero-order valence-electron chi connectivity index (χ0n) is 13.9. The SMILES string of the molecule is COc1ccc(C=NNC(=O)COc2cc(C)ccc2C)cc1O. The van der Waals surface area contributed by atoms with Crippen LogP contribution in [0.3, 0.4) is 0 Å². The predicted octanol–water partition coefficient (Wildman–Crippen LogP) is 2.55. The fraction of sp³-hybridized carbons (Fsp3) is 0.222. The fourth-order valence-corrected chi connectivity index (χ4v) is 2.00. The third-order valence-electron chi connectivity index (χ3n) is 3.31. The summed E-state index contributed by atoms with van der Waals surface area (Å²) in [5, 5.41) is 13.5. The molecule has 2 rings (SSSR count). The third-order valence-corrected chi connectivity index (χ3v) is 3.31. The Morgan fingerprint density at radius 2 is 2.00 bits per heavy atom. The van der Waals surface area contributed by atoms with Crippen molar-refractivity contribution in [2.24, 2.45) is 5.10 Å². The molecule has 0 radical (unpaired) electrons. The Morgan fingerprint density at radius 1 is 1.21 bits per heavy atom. The second-order valence-electron chi connectivity index (χ2n) is 5.28. The molecule has 0 aromatic heterocycles. The van der Waals surface area contributed by atoms with Crippen LogP contribution >= 0.6 is 0 Å². The summed E-state index contributed by atoms with van der Waals surface area (Å²) in [5.74, 6) is 0.684. The highest BCUT2D eigenvalue weighted by atomic mass is 16.5. The number of ether oxygens (including phenoxy) is 2. The van der Waals surface area contributed by atoms with Crippen molar-refractivity contribution in [1.29, 1.82) is 0 Å². The first kappa shape index (κ1) is 17.3. The number of rotatable bonds is 6. The van der Waals surface area contributed by atoms with E-state index in [2.05, 4.69) is 10.5 Å². The molecule has 2 aromatic carbocycles. The normalized spacial score (nSPS) is 10.6. The van der Waals surface area contributed by atoms with Gasteiger partial charge in [0, 0.05) is 0 Å². The topological polar surface area (TPSA) is 80.2 Å². The molecule has 0 aliphatic carbocycles. The average molecular weight is 328 g/mol. The molecule has 0 heterocycles. The molecule has 2 N–H and O–H groups in total. The molecule has 0 unspecified atom stereocenters. The molecule has 2 aromatic rings. The van der Waals surface area contributed by atoms with Gasteiger partial charge in [-0.15, -0.1) is 0 Å². The quantitative estimate of drug-likeness (QED) is 0.631. The summed E-state index contributed by atoms with van der Waals surface area (Å²) in [6.45, 7) is 3.75. The predicted molar refractivity (Wildman–Crippen MR) is 91.8 cm³/mol. The maximum absolute atomic E-state index is 11.8. The number of carbonyl (C=O) groups excluding carboxylic acids is 1. The average Bonchev–Trinajstić information content (AvgIpc) is 2.56. The summed E-state index contributed by atoms with van der Waals surface area (Å²) < 4.78 is 10.4. The van der Waals surface area contributed by atoms with Gasteiger partial charge in [0.1, 0.15) is 5.75 Å². The minimum absolute atomic E-state index is 0.00559. The van der Waals surface area contributed by atoms with E-state index in [0.29, 0.717) is 17.1 Å². The molecule has 0 aliphatic heterocycles. The van der Waals surface area contributed by atoms with Gasteiger partial charge in [0.05, 0.1) is 13.3 Å². The molecule has 1 amide bonds. The number of nitrogens with zero attached hydrogens (tertiary/aromatic N) is 1. The van der Waals surface area contributed by atoms with Crippen LogP contribution in [0.15, 0.2) is 41.5 Å². The zero-order chi connectivity index (χ0) is 17.5. The van der Waals surface area contributed by atoms with E-state index in [9.17, 15) is 9.90 Å². The van der Waals surface area contributed by atoms with E-state index in [4.69, 9.17) is 9.47 Å². The van der Waals surface area contributed by atoms with Crippen molar-refractivity contribution in [1.82, 2.24) is 5.43 Å². The first-order valence-electron chi connectivity index (χ1n) is 7.38. The molecule has 0 saturated carbocycles. The lowest BCUT2D eigenvalue weighted by Gasteiger charge is -2.08.